The maximum Gasteiger partial charge on any atom is 0.307 e. The fourth-order valence-electron chi connectivity index (χ4n) is 1.83. The molecule has 0 radical (unpaired) electrons. The van der Waals surface area contributed by atoms with Crippen LogP contribution in [-0.4, -0.2) is 18.2 Å². The smallest absolute Gasteiger partial charge is 0.307 e. The maximum absolute atomic E-state index is 10.8. The Bertz CT molecular complexity index is 428. The molecule has 0 saturated heterocycles. The Morgan fingerprint density at radius 1 is 1.35 bits per heavy atom. The molecule has 1 N–H and O–H groups in total. The molecule has 3 heteroatoms. The Labute approximate surface area is 102 Å². The van der Waals surface area contributed by atoms with E-state index in [4.69, 9.17) is 9.84 Å². The molecule has 0 aliphatic carbocycles. The molecule has 94 valence electrons. The minimum atomic E-state index is -0.807. The molecule has 0 aliphatic heterocycles. The predicted molar refractivity (Wildman–Crippen MR) is 67.8 cm³/mol. The number of benzene rings is 1. The van der Waals surface area contributed by atoms with E-state index in [0.29, 0.717) is 0 Å². The number of carboxylic acid groups (broad SMARTS) is 1. The number of carboxylic acids is 1. The molecular formula is C14H20O3. The van der Waals surface area contributed by atoms with Crippen LogP contribution in [0.1, 0.15) is 37.5 Å². The quantitative estimate of drug-likeness (QED) is 0.877. The Morgan fingerprint density at radius 3 is 2.35 bits per heavy atom. The third-order valence-electron chi connectivity index (χ3n) is 2.81. The predicted octanol–water partition coefficient (Wildman–Crippen LogP) is 2.93. The van der Waals surface area contributed by atoms with Crippen molar-refractivity contribution in [3.05, 3.63) is 28.8 Å². The van der Waals surface area contributed by atoms with Crippen molar-refractivity contribution in [2.24, 2.45) is 0 Å². The largest absolute Gasteiger partial charge is 0.496 e. The van der Waals surface area contributed by atoms with E-state index in [0.717, 1.165) is 22.4 Å². The molecule has 0 aliphatic rings. The Morgan fingerprint density at radius 2 is 1.94 bits per heavy atom. The summed E-state index contributed by atoms with van der Waals surface area (Å²) in [5.41, 5.74) is 2.79. The van der Waals surface area contributed by atoms with Crippen molar-refractivity contribution in [1.82, 2.24) is 0 Å². The van der Waals surface area contributed by atoms with Crippen molar-refractivity contribution in [3.63, 3.8) is 0 Å². The first-order valence-electron chi connectivity index (χ1n) is 5.65. The zero-order valence-corrected chi connectivity index (χ0v) is 11.1. The molecule has 0 saturated carbocycles. The summed E-state index contributed by atoms with van der Waals surface area (Å²) in [5, 5.41) is 8.88. The summed E-state index contributed by atoms with van der Waals surface area (Å²) in [5.74, 6) is 0.0160. The minimum absolute atomic E-state index is 0.0545. The van der Waals surface area contributed by atoms with Crippen LogP contribution >= 0.6 is 0 Å². The second kappa shape index (κ2) is 4.78. The fourth-order valence-corrected chi connectivity index (χ4v) is 1.83. The monoisotopic (exact) mass is 236 g/mol. The van der Waals surface area contributed by atoms with Crippen LogP contribution in [0.2, 0.25) is 0 Å². The average molecular weight is 236 g/mol. The van der Waals surface area contributed by atoms with Gasteiger partial charge in [0.05, 0.1) is 13.5 Å². The van der Waals surface area contributed by atoms with Crippen LogP contribution in [0.4, 0.5) is 0 Å². The molecule has 0 bridgehead atoms. The third-order valence-corrected chi connectivity index (χ3v) is 2.81. The van der Waals surface area contributed by atoms with E-state index in [1.54, 1.807) is 7.11 Å². The van der Waals surface area contributed by atoms with Gasteiger partial charge in [-0.15, -0.1) is 0 Å². The van der Waals surface area contributed by atoms with Crippen LogP contribution < -0.4 is 4.74 Å². The van der Waals surface area contributed by atoms with Gasteiger partial charge in [0.2, 0.25) is 0 Å². The molecule has 3 nitrogen and oxygen atoms in total. The Hall–Kier alpha value is -1.51. The lowest BCUT2D eigenvalue weighted by molar-refractivity contribution is -0.136. The second-order valence-corrected chi connectivity index (χ2v) is 5.30. The summed E-state index contributed by atoms with van der Waals surface area (Å²) < 4.78 is 5.37. The highest BCUT2D eigenvalue weighted by Crippen LogP contribution is 2.33. The lowest BCUT2D eigenvalue weighted by Gasteiger charge is -2.23. The molecule has 0 heterocycles. The number of hydrogen-bond acceptors (Lipinski definition) is 2. The molecule has 0 spiro atoms. The van der Waals surface area contributed by atoms with Gasteiger partial charge in [0.15, 0.2) is 0 Å². The SMILES string of the molecule is COc1cc(C)c(CC(=O)O)cc1C(C)(C)C. The number of hydrogen-bond donors (Lipinski definition) is 1. The summed E-state index contributed by atoms with van der Waals surface area (Å²) in [6, 6.07) is 3.86. The number of aliphatic carboxylic acids is 1. The molecule has 1 aromatic rings. The topological polar surface area (TPSA) is 46.5 Å². The highest BCUT2D eigenvalue weighted by Gasteiger charge is 2.20. The van der Waals surface area contributed by atoms with Crippen molar-refractivity contribution in [1.29, 1.82) is 0 Å². The van der Waals surface area contributed by atoms with Gasteiger partial charge in [-0.2, -0.15) is 0 Å². The Kier molecular flexibility index (Phi) is 3.81. The second-order valence-electron chi connectivity index (χ2n) is 5.30. The van der Waals surface area contributed by atoms with E-state index in [9.17, 15) is 4.79 Å². The molecule has 17 heavy (non-hydrogen) atoms. The van der Waals surface area contributed by atoms with E-state index >= 15 is 0 Å². The lowest BCUT2D eigenvalue weighted by Crippen LogP contribution is -2.14. The van der Waals surface area contributed by atoms with Gasteiger partial charge in [-0.1, -0.05) is 26.8 Å². The highest BCUT2D eigenvalue weighted by atomic mass is 16.5. The molecule has 0 unspecified atom stereocenters. The minimum Gasteiger partial charge on any atom is -0.496 e. The third kappa shape index (κ3) is 3.22. The lowest BCUT2D eigenvalue weighted by atomic mass is 9.84. The number of rotatable bonds is 3. The molecule has 1 aromatic carbocycles. The van der Waals surface area contributed by atoms with Crippen molar-refractivity contribution in [2.45, 2.75) is 39.5 Å². The van der Waals surface area contributed by atoms with Gasteiger partial charge >= 0.3 is 5.97 Å². The van der Waals surface area contributed by atoms with Gasteiger partial charge in [-0.25, -0.2) is 0 Å². The zero-order chi connectivity index (χ0) is 13.2. The molecule has 0 aromatic heterocycles. The molecule has 1 rings (SSSR count). The van der Waals surface area contributed by atoms with Gasteiger partial charge in [0.25, 0.3) is 0 Å². The number of carbonyl (C=O) groups is 1. The van der Waals surface area contributed by atoms with Gasteiger partial charge in [-0.3, -0.25) is 4.79 Å². The molecule has 0 fully saturated rings. The summed E-state index contributed by atoms with van der Waals surface area (Å²) in [7, 11) is 1.64. The van der Waals surface area contributed by atoms with Crippen molar-refractivity contribution >= 4 is 5.97 Å². The summed E-state index contributed by atoms with van der Waals surface area (Å²) in [4.78, 5) is 10.8. The van der Waals surface area contributed by atoms with Crippen molar-refractivity contribution in [3.8, 4) is 5.75 Å². The van der Waals surface area contributed by atoms with E-state index in [1.807, 2.05) is 19.1 Å². The zero-order valence-electron chi connectivity index (χ0n) is 11.1. The van der Waals surface area contributed by atoms with Gasteiger partial charge in [-0.05, 0) is 35.1 Å². The first-order chi connectivity index (χ1) is 7.75. The first-order valence-corrected chi connectivity index (χ1v) is 5.65. The van der Waals surface area contributed by atoms with Crippen molar-refractivity contribution in [2.75, 3.05) is 7.11 Å². The normalized spacial score (nSPS) is 11.4. The summed E-state index contributed by atoms with van der Waals surface area (Å²) >= 11 is 0. The first kappa shape index (κ1) is 13.6. The number of ether oxygens (including phenoxy) is 1. The highest BCUT2D eigenvalue weighted by molar-refractivity contribution is 5.71. The van der Waals surface area contributed by atoms with E-state index in [1.165, 1.54) is 0 Å². The van der Waals surface area contributed by atoms with Crippen LogP contribution in [0.5, 0.6) is 5.75 Å². The fraction of sp³-hybridized carbons (Fsp3) is 0.500. The molecule has 0 amide bonds. The maximum atomic E-state index is 10.8. The molecular weight excluding hydrogens is 216 g/mol. The molecule has 0 atom stereocenters. The number of aryl methyl sites for hydroxylation is 1. The van der Waals surface area contributed by atoms with E-state index in [-0.39, 0.29) is 11.8 Å². The van der Waals surface area contributed by atoms with Crippen LogP contribution in [0.25, 0.3) is 0 Å². The van der Waals surface area contributed by atoms with Gasteiger partial charge in [0, 0.05) is 0 Å². The number of methoxy groups -OCH3 is 1. The Balaban J connectivity index is 3.32. The van der Waals surface area contributed by atoms with Crippen LogP contribution in [-0.2, 0) is 16.6 Å². The van der Waals surface area contributed by atoms with Crippen LogP contribution in [0.15, 0.2) is 12.1 Å². The standard InChI is InChI=1S/C14H20O3/c1-9-6-12(17-5)11(14(2,3)4)7-10(9)8-13(15)16/h6-7H,8H2,1-5H3,(H,15,16). The average Bonchev–Trinajstić information content (AvgIpc) is 2.18. The van der Waals surface area contributed by atoms with Gasteiger partial charge < -0.3 is 9.84 Å². The van der Waals surface area contributed by atoms with E-state index < -0.39 is 5.97 Å². The van der Waals surface area contributed by atoms with Gasteiger partial charge in [0.1, 0.15) is 5.75 Å². The van der Waals surface area contributed by atoms with Crippen molar-refractivity contribution < 1.29 is 14.6 Å². The summed E-state index contributed by atoms with van der Waals surface area (Å²) in [6.07, 6.45) is 0.0545. The van der Waals surface area contributed by atoms with Crippen LogP contribution in [0, 0.1) is 6.92 Å². The van der Waals surface area contributed by atoms with E-state index in [2.05, 4.69) is 20.8 Å². The van der Waals surface area contributed by atoms with Crippen LogP contribution in [0.3, 0.4) is 0 Å². The summed E-state index contributed by atoms with van der Waals surface area (Å²) in [6.45, 7) is 8.17.